The van der Waals surface area contributed by atoms with Gasteiger partial charge in [-0.15, -0.1) is 0 Å². The average Bonchev–Trinajstić information content (AvgIpc) is 2.42. The van der Waals surface area contributed by atoms with Gasteiger partial charge in [0.05, 0.1) is 5.56 Å². The zero-order valence-electron chi connectivity index (χ0n) is 10.1. The van der Waals surface area contributed by atoms with Crippen molar-refractivity contribution in [3.05, 3.63) is 64.7 Å². The molecule has 0 fully saturated rings. The number of pyridine rings is 1. The lowest BCUT2D eigenvalue weighted by Crippen LogP contribution is -2.26. The maximum absolute atomic E-state index is 13.4. The van der Waals surface area contributed by atoms with Gasteiger partial charge >= 0.3 is 0 Å². The highest BCUT2D eigenvalue weighted by Gasteiger charge is 2.11. The Morgan fingerprint density at radius 2 is 2.16 bits per heavy atom. The Kier molecular flexibility index (Phi) is 4.47. The molecule has 2 aromatic rings. The largest absolute Gasteiger partial charge is 0.352 e. The maximum Gasteiger partial charge on any atom is 0.254 e. The minimum Gasteiger partial charge on any atom is -0.352 e. The molecular formula is C14H12ClFN2O. The van der Waals surface area contributed by atoms with Gasteiger partial charge in [0.1, 0.15) is 5.82 Å². The van der Waals surface area contributed by atoms with Crippen molar-refractivity contribution in [2.24, 2.45) is 0 Å². The van der Waals surface area contributed by atoms with Gasteiger partial charge in [0, 0.05) is 29.9 Å². The number of nitrogens with one attached hydrogen (secondary N) is 1. The van der Waals surface area contributed by atoms with Crippen molar-refractivity contribution in [1.82, 2.24) is 10.3 Å². The Bertz CT molecular complexity index is 575. The third-order valence-electron chi connectivity index (χ3n) is 2.57. The minimum atomic E-state index is -0.584. The molecule has 5 heteroatoms. The second-order valence-corrected chi connectivity index (χ2v) is 4.39. The molecule has 98 valence electrons. The van der Waals surface area contributed by atoms with Crippen LogP contribution in [-0.2, 0) is 6.42 Å². The fourth-order valence-corrected chi connectivity index (χ4v) is 1.79. The first-order valence-electron chi connectivity index (χ1n) is 5.80. The SMILES string of the molecule is O=C(NCCc1ccccn1)c1cc(Cl)ccc1F. The Morgan fingerprint density at radius 1 is 1.32 bits per heavy atom. The van der Waals surface area contributed by atoms with Crippen molar-refractivity contribution >= 4 is 17.5 Å². The standard InChI is InChI=1S/C14H12ClFN2O/c15-10-4-5-13(16)12(9-10)14(19)18-8-6-11-3-1-2-7-17-11/h1-5,7,9H,6,8H2,(H,18,19). The van der Waals surface area contributed by atoms with E-state index in [1.807, 2.05) is 18.2 Å². The van der Waals surface area contributed by atoms with Crippen LogP contribution in [0.15, 0.2) is 42.6 Å². The van der Waals surface area contributed by atoms with Gasteiger partial charge in [-0.2, -0.15) is 0 Å². The summed E-state index contributed by atoms with van der Waals surface area (Å²) in [5, 5.41) is 2.97. The molecule has 1 aromatic heterocycles. The molecule has 0 saturated heterocycles. The Balaban J connectivity index is 1.93. The quantitative estimate of drug-likeness (QED) is 0.934. The van der Waals surface area contributed by atoms with Crippen molar-refractivity contribution in [1.29, 1.82) is 0 Å². The molecule has 19 heavy (non-hydrogen) atoms. The van der Waals surface area contributed by atoms with E-state index in [1.54, 1.807) is 6.20 Å². The van der Waals surface area contributed by atoms with Crippen molar-refractivity contribution in [2.45, 2.75) is 6.42 Å². The molecule has 1 amide bonds. The molecule has 0 radical (unpaired) electrons. The zero-order chi connectivity index (χ0) is 13.7. The van der Waals surface area contributed by atoms with Crippen LogP contribution in [0.25, 0.3) is 0 Å². The number of carbonyl (C=O) groups excluding carboxylic acids is 1. The van der Waals surface area contributed by atoms with Crippen molar-refractivity contribution in [2.75, 3.05) is 6.54 Å². The molecule has 1 N–H and O–H groups in total. The molecule has 0 aliphatic rings. The van der Waals surface area contributed by atoms with E-state index in [0.29, 0.717) is 18.0 Å². The molecule has 3 nitrogen and oxygen atoms in total. The van der Waals surface area contributed by atoms with E-state index >= 15 is 0 Å². The smallest absolute Gasteiger partial charge is 0.254 e. The molecule has 0 aliphatic carbocycles. The van der Waals surface area contributed by atoms with Gasteiger partial charge in [-0.05, 0) is 30.3 Å². The number of hydrogen-bond acceptors (Lipinski definition) is 2. The highest BCUT2D eigenvalue weighted by molar-refractivity contribution is 6.30. The van der Waals surface area contributed by atoms with E-state index in [9.17, 15) is 9.18 Å². The van der Waals surface area contributed by atoms with E-state index in [0.717, 1.165) is 5.69 Å². The van der Waals surface area contributed by atoms with Gasteiger partial charge in [0.15, 0.2) is 0 Å². The van der Waals surface area contributed by atoms with Gasteiger partial charge in [-0.1, -0.05) is 17.7 Å². The van der Waals surface area contributed by atoms with E-state index in [2.05, 4.69) is 10.3 Å². The summed E-state index contributed by atoms with van der Waals surface area (Å²) in [7, 11) is 0. The Hall–Kier alpha value is -1.94. The first kappa shape index (κ1) is 13.5. The number of halogens is 2. The maximum atomic E-state index is 13.4. The molecule has 0 spiro atoms. The second kappa shape index (κ2) is 6.29. The third kappa shape index (κ3) is 3.76. The number of nitrogens with zero attached hydrogens (tertiary/aromatic N) is 1. The van der Waals surface area contributed by atoms with Crippen LogP contribution < -0.4 is 5.32 Å². The molecule has 1 aromatic carbocycles. The topological polar surface area (TPSA) is 42.0 Å². The summed E-state index contributed by atoms with van der Waals surface area (Å²) >= 11 is 5.73. The van der Waals surface area contributed by atoms with E-state index in [-0.39, 0.29) is 5.56 Å². The molecular weight excluding hydrogens is 267 g/mol. The monoisotopic (exact) mass is 278 g/mol. The zero-order valence-corrected chi connectivity index (χ0v) is 10.8. The number of hydrogen-bond donors (Lipinski definition) is 1. The summed E-state index contributed by atoms with van der Waals surface area (Å²) in [5.74, 6) is -1.06. The van der Waals surface area contributed by atoms with Crippen LogP contribution in [0.4, 0.5) is 4.39 Å². The summed E-state index contributed by atoms with van der Waals surface area (Å²) < 4.78 is 13.4. The van der Waals surface area contributed by atoms with Crippen LogP contribution in [-0.4, -0.2) is 17.4 Å². The van der Waals surface area contributed by atoms with Crippen LogP contribution in [0.5, 0.6) is 0 Å². The molecule has 0 atom stereocenters. The summed E-state index contributed by atoms with van der Waals surface area (Å²) in [6.07, 6.45) is 2.28. The lowest BCUT2D eigenvalue weighted by molar-refractivity contribution is 0.0950. The number of aromatic nitrogens is 1. The minimum absolute atomic E-state index is 0.0477. The fourth-order valence-electron chi connectivity index (χ4n) is 1.62. The highest BCUT2D eigenvalue weighted by Crippen LogP contribution is 2.14. The van der Waals surface area contributed by atoms with E-state index in [1.165, 1.54) is 18.2 Å². The number of rotatable bonds is 4. The summed E-state index contributed by atoms with van der Waals surface area (Å²) in [5.41, 5.74) is 0.822. The van der Waals surface area contributed by atoms with Crippen molar-refractivity contribution < 1.29 is 9.18 Å². The second-order valence-electron chi connectivity index (χ2n) is 3.95. The average molecular weight is 279 g/mol. The van der Waals surface area contributed by atoms with Crippen LogP contribution in [0.2, 0.25) is 5.02 Å². The third-order valence-corrected chi connectivity index (χ3v) is 2.80. The predicted octanol–water partition coefficient (Wildman–Crippen LogP) is 2.85. The van der Waals surface area contributed by atoms with Crippen LogP contribution in [0.3, 0.4) is 0 Å². The van der Waals surface area contributed by atoms with Crippen LogP contribution >= 0.6 is 11.6 Å². The highest BCUT2D eigenvalue weighted by atomic mass is 35.5. The van der Waals surface area contributed by atoms with E-state index in [4.69, 9.17) is 11.6 Å². The molecule has 0 aliphatic heterocycles. The molecule has 0 saturated carbocycles. The number of benzene rings is 1. The normalized spacial score (nSPS) is 10.2. The predicted molar refractivity (Wildman–Crippen MR) is 71.7 cm³/mol. The summed E-state index contributed by atoms with van der Waals surface area (Å²) in [4.78, 5) is 15.9. The van der Waals surface area contributed by atoms with Crippen molar-refractivity contribution in [3.8, 4) is 0 Å². The van der Waals surface area contributed by atoms with Gasteiger partial charge in [-0.25, -0.2) is 4.39 Å². The lowest BCUT2D eigenvalue weighted by Gasteiger charge is -2.06. The van der Waals surface area contributed by atoms with E-state index < -0.39 is 11.7 Å². The summed E-state index contributed by atoms with van der Waals surface area (Å²) in [6.45, 7) is 0.391. The summed E-state index contributed by atoms with van der Waals surface area (Å²) in [6, 6.07) is 9.46. The lowest BCUT2D eigenvalue weighted by atomic mass is 10.2. The Morgan fingerprint density at radius 3 is 2.89 bits per heavy atom. The Labute approximate surface area is 115 Å². The fraction of sp³-hybridized carbons (Fsp3) is 0.143. The molecule has 0 unspecified atom stereocenters. The van der Waals surface area contributed by atoms with Crippen LogP contribution in [0.1, 0.15) is 16.1 Å². The molecule has 1 heterocycles. The van der Waals surface area contributed by atoms with Crippen LogP contribution in [0, 0.1) is 5.82 Å². The molecule has 2 rings (SSSR count). The first-order valence-corrected chi connectivity index (χ1v) is 6.18. The number of amides is 1. The molecule has 0 bridgehead atoms. The first-order chi connectivity index (χ1) is 9.16. The van der Waals surface area contributed by atoms with Gasteiger partial charge < -0.3 is 5.32 Å². The number of carbonyl (C=O) groups is 1. The van der Waals surface area contributed by atoms with Gasteiger partial charge in [0.2, 0.25) is 0 Å². The van der Waals surface area contributed by atoms with Gasteiger partial charge in [-0.3, -0.25) is 9.78 Å². The van der Waals surface area contributed by atoms with Gasteiger partial charge in [0.25, 0.3) is 5.91 Å². The van der Waals surface area contributed by atoms with Crippen molar-refractivity contribution in [3.63, 3.8) is 0 Å².